The van der Waals surface area contributed by atoms with Gasteiger partial charge < -0.3 is 11.1 Å². The predicted octanol–water partition coefficient (Wildman–Crippen LogP) is 1.70. The molecular weight excluding hydrogens is 202 g/mol. The molecule has 1 unspecified atom stereocenters. The Morgan fingerprint density at radius 1 is 1.56 bits per heavy atom. The molecule has 1 rings (SSSR count). The van der Waals surface area contributed by atoms with Gasteiger partial charge in [0, 0.05) is 6.20 Å². The van der Waals surface area contributed by atoms with E-state index in [1.165, 1.54) is 0 Å². The molecule has 0 saturated carbocycles. The number of carbonyl (C=O) groups excluding carboxylic acids is 1. The van der Waals surface area contributed by atoms with E-state index in [9.17, 15) is 4.79 Å². The van der Waals surface area contributed by atoms with Gasteiger partial charge in [0.2, 0.25) is 5.91 Å². The summed E-state index contributed by atoms with van der Waals surface area (Å²) in [4.78, 5) is 15.8. The Balaban J connectivity index is 2.60. The van der Waals surface area contributed by atoms with Gasteiger partial charge in [-0.1, -0.05) is 26.3 Å². The molecule has 0 spiro atoms. The first-order valence-electron chi connectivity index (χ1n) is 5.53. The summed E-state index contributed by atoms with van der Waals surface area (Å²) in [7, 11) is 0. The molecular formula is C12H19N3O. The number of nitrogens with two attached hydrogens (primary N) is 1. The molecule has 0 radical (unpaired) electrons. The lowest BCUT2D eigenvalue weighted by atomic mass is 9.99. The van der Waals surface area contributed by atoms with Crippen LogP contribution in [0.15, 0.2) is 18.3 Å². The summed E-state index contributed by atoms with van der Waals surface area (Å²) in [6, 6.07) is 3.20. The van der Waals surface area contributed by atoms with Crippen molar-refractivity contribution >= 4 is 11.7 Å². The molecule has 0 bridgehead atoms. The molecule has 1 amide bonds. The highest BCUT2D eigenvalue weighted by Gasteiger charge is 2.19. The summed E-state index contributed by atoms with van der Waals surface area (Å²) in [6.45, 7) is 5.93. The van der Waals surface area contributed by atoms with E-state index in [0.29, 0.717) is 5.82 Å². The average molecular weight is 221 g/mol. The van der Waals surface area contributed by atoms with E-state index < -0.39 is 6.04 Å². The number of carbonyl (C=O) groups is 1. The maximum Gasteiger partial charge on any atom is 0.242 e. The molecule has 0 fully saturated rings. The average Bonchev–Trinajstić information content (AvgIpc) is 2.30. The van der Waals surface area contributed by atoms with Crippen LogP contribution in [-0.2, 0) is 4.79 Å². The van der Waals surface area contributed by atoms with Gasteiger partial charge in [-0.05, 0) is 24.5 Å². The SMILES string of the molecule is CCC(C)[C@H](N)C(=O)Nc1ccc(C)cn1. The largest absolute Gasteiger partial charge is 0.320 e. The molecule has 0 aromatic carbocycles. The van der Waals surface area contributed by atoms with Crippen molar-refractivity contribution in [2.24, 2.45) is 11.7 Å². The van der Waals surface area contributed by atoms with Crippen molar-refractivity contribution in [1.29, 1.82) is 0 Å². The van der Waals surface area contributed by atoms with Crippen LogP contribution in [0.4, 0.5) is 5.82 Å². The van der Waals surface area contributed by atoms with E-state index in [1.54, 1.807) is 12.3 Å². The summed E-state index contributed by atoms with van der Waals surface area (Å²) < 4.78 is 0. The van der Waals surface area contributed by atoms with E-state index >= 15 is 0 Å². The topological polar surface area (TPSA) is 68.0 Å². The first kappa shape index (κ1) is 12.6. The summed E-state index contributed by atoms with van der Waals surface area (Å²) in [5, 5.41) is 2.71. The first-order chi connectivity index (χ1) is 7.54. The van der Waals surface area contributed by atoms with E-state index in [2.05, 4.69) is 10.3 Å². The molecule has 1 heterocycles. The molecule has 1 aromatic heterocycles. The maximum absolute atomic E-state index is 11.7. The standard InChI is InChI=1S/C12H19N3O/c1-4-9(3)11(13)12(16)15-10-6-5-8(2)7-14-10/h5-7,9,11H,4,13H2,1-3H3,(H,14,15,16)/t9?,11-/m0/s1. The summed E-state index contributed by atoms with van der Waals surface area (Å²) >= 11 is 0. The van der Waals surface area contributed by atoms with Crippen molar-refractivity contribution in [3.05, 3.63) is 23.9 Å². The quantitative estimate of drug-likeness (QED) is 0.813. The van der Waals surface area contributed by atoms with Gasteiger partial charge in [0.05, 0.1) is 6.04 Å². The third-order valence-corrected chi connectivity index (χ3v) is 2.72. The fraction of sp³-hybridized carbons (Fsp3) is 0.500. The normalized spacial score (nSPS) is 14.2. The highest BCUT2D eigenvalue weighted by Crippen LogP contribution is 2.09. The van der Waals surface area contributed by atoms with Gasteiger partial charge in [-0.15, -0.1) is 0 Å². The fourth-order valence-electron chi connectivity index (χ4n) is 1.26. The Hall–Kier alpha value is -1.42. The van der Waals surface area contributed by atoms with Crippen LogP contribution in [-0.4, -0.2) is 16.9 Å². The third kappa shape index (κ3) is 3.31. The Morgan fingerprint density at radius 2 is 2.25 bits per heavy atom. The van der Waals surface area contributed by atoms with Gasteiger partial charge in [0.1, 0.15) is 5.82 Å². The van der Waals surface area contributed by atoms with Gasteiger partial charge in [-0.3, -0.25) is 4.79 Å². The number of amides is 1. The lowest BCUT2D eigenvalue weighted by molar-refractivity contribution is -0.118. The number of rotatable bonds is 4. The highest BCUT2D eigenvalue weighted by atomic mass is 16.2. The molecule has 1 aromatic rings. The minimum atomic E-state index is -0.479. The lowest BCUT2D eigenvalue weighted by Gasteiger charge is -2.17. The zero-order valence-corrected chi connectivity index (χ0v) is 10.0. The fourth-order valence-corrected chi connectivity index (χ4v) is 1.26. The second-order valence-corrected chi connectivity index (χ2v) is 4.12. The van der Waals surface area contributed by atoms with Crippen molar-refractivity contribution < 1.29 is 4.79 Å². The van der Waals surface area contributed by atoms with Crippen LogP contribution in [0.1, 0.15) is 25.8 Å². The number of aryl methyl sites for hydroxylation is 1. The predicted molar refractivity (Wildman–Crippen MR) is 65.0 cm³/mol. The van der Waals surface area contributed by atoms with E-state index in [1.807, 2.05) is 26.8 Å². The number of hydrogen-bond donors (Lipinski definition) is 2. The van der Waals surface area contributed by atoms with E-state index in [-0.39, 0.29) is 11.8 Å². The van der Waals surface area contributed by atoms with Gasteiger partial charge in [0.25, 0.3) is 0 Å². The molecule has 0 aliphatic rings. The Bertz CT molecular complexity index is 348. The Kier molecular flexibility index (Phi) is 4.43. The van der Waals surface area contributed by atoms with Crippen molar-refractivity contribution in [2.45, 2.75) is 33.2 Å². The van der Waals surface area contributed by atoms with Gasteiger partial charge in [0.15, 0.2) is 0 Å². The Morgan fingerprint density at radius 3 is 2.75 bits per heavy atom. The minimum Gasteiger partial charge on any atom is -0.320 e. The molecule has 4 nitrogen and oxygen atoms in total. The molecule has 0 aliphatic carbocycles. The van der Waals surface area contributed by atoms with Crippen LogP contribution in [0.2, 0.25) is 0 Å². The van der Waals surface area contributed by atoms with Crippen LogP contribution < -0.4 is 11.1 Å². The minimum absolute atomic E-state index is 0.172. The zero-order valence-electron chi connectivity index (χ0n) is 10.0. The van der Waals surface area contributed by atoms with Crippen LogP contribution in [0.3, 0.4) is 0 Å². The monoisotopic (exact) mass is 221 g/mol. The van der Waals surface area contributed by atoms with Crippen molar-refractivity contribution in [2.75, 3.05) is 5.32 Å². The van der Waals surface area contributed by atoms with Crippen molar-refractivity contribution in [3.8, 4) is 0 Å². The third-order valence-electron chi connectivity index (χ3n) is 2.72. The molecule has 88 valence electrons. The second kappa shape index (κ2) is 5.61. The number of anilines is 1. The van der Waals surface area contributed by atoms with Gasteiger partial charge >= 0.3 is 0 Å². The molecule has 16 heavy (non-hydrogen) atoms. The zero-order chi connectivity index (χ0) is 12.1. The van der Waals surface area contributed by atoms with Crippen LogP contribution >= 0.6 is 0 Å². The summed E-state index contributed by atoms with van der Waals surface area (Å²) in [5.41, 5.74) is 6.87. The van der Waals surface area contributed by atoms with Gasteiger partial charge in [-0.25, -0.2) is 4.98 Å². The van der Waals surface area contributed by atoms with Gasteiger partial charge in [-0.2, -0.15) is 0 Å². The van der Waals surface area contributed by atoms with Crippen LogP contribution in [0.25, 0.3) is 0 Å². The summed E-state index contributed by atoms with van der Waals surface area (Å²) in [6.07, 6.45) is 2.60. The van der Waals surface area contributed by atoms with Crippen LogP contribution in [0.5, 0.6) is 0 Å². The first-order valence-corrected chi connectivity index (χ1v) is 5.53. The second-order valence-electron chi connectivity index (χ2n) is 4.12. The number of nitrogens with zero attached hydrogens (tertiary/aromatic N) is 1. The Labute approximate surface area is 96.3 Å². The molecule has 3 N–H and O–H groups in total. The number of pyridine rings is 1. The molecule has 0 aliphatic heterocycles. The highest BCUT2D eigenvalue weighted by molar-refractivity contribution is 5.94. The van der Waals surface area contributed by atoms with Crippen molar-refractivity contribution in [1.82, 2.24) is 4.98 Å². The lowest BCUT2D eigenvalue weighted by Crippen LogP contribution is -2.40. The molecule has 2 atom stereocenters. The number of aromatic nitrogens is 1. The molecule has 4 heteroatoms. The maximum atomic E-state index is 11.7. The smallest absolute Gasteiger partial charge is 0.242 e. The van der Waals surface area contributed by atoms with Crippen LogP contribution in [0, 0.1) is 12.8 Å². The van der Waals surface area contributed by atoms with Crippen molar-refractivity contribution in [3.63, 3.8) is 0 Å². The van der Waals surface area contributed by atoms with E-state index in [4.69, 9.17) is 5.73 Å². The number of hydrogen-bond acceptors (Lipinski definition) is 3. The number of nitrogens with one attached hydrogen (secondary N) is 1. The van der Waals surface area contributed by atoms with E-state index in [0.717, 1.165) is 12.0 Å². The molecule has 0 saturated heterocycles. The summed E-state index contributed by atoms with van der Waals surface area (Å²) in [5.74, 6) is 0.547.